The Morgan fingerprint density at radius 2 is 1.83 bits per heavy atom. The van der Waals surface area contributed by atoms with Gasteiger partial charge in [0, 0.05) is 23.5 Å². The van der Waals surface area contributed by atoms with Crippen LogP contribution >= 0.6 is 12.6 Å². The molecule has 0 aliphatic heterocycles. The van der Waals surface area contributed by atoms with Gasteiger partial charge in [-0.15, -0.1) is 0 Å². The van der Waals surface area contributed by atoms with Gasteiger partial charge >= 0.3 is 6.18 Å². The van der Waals surface area contributed by atoms with Crippen molar-refractivity contribution in [1.82, 2.24) is 0 Å². The lowest BCUT2D eigenvalue weighted by molar-refractivity contribution is -0.137. The first-order chi connectivity index (χ1) is 13.8. The molecule has 1 atom stereocenters. The molecule has 2 aromatic carbocycles. The molecule has 0 saturated carbocycles. The van der Waals surface area contributed by atoms with Crippen molar-refractivity contribution in [2.45, 2.75) is 25.4 Å². The van der Waals surface area contributed by atoms with Crippen LogP contribution in [0.25, 0.3) is 5.57 Å². The van der Waals surface area contributed by atoms with Gasteiger partial charge in [-0.05, 0) is 41.7 Å². The average Bonchev–Trinajstić information content (AvgIpc) is 2.72. The standard InChI is InChI=1S/C23H20F4OS/c1-15(14-29)20-4-2-3-5-22(20)28-13-18-7-6-17(12-21(18)24)16-8-10-19(11-9-16)23(25,26)27/h2-11,14,17,29H,12-13H2,1H3/b15-14+. The zero-order chi connectivity index (χ0) is 21.0. The molecule has 1 aliphatic carbocycles. The summed E-state index contributed by atoms with van der Waals surface area (Å²) in [6, 6.07) is 12.3. The first kappa shape index (κ1) is 21.2. The molecule has 0 amide bonds. The second-order valence-electron chi connectivity index (χ2n) is 6.82. The minimum absolute atomic E-state index is 0.0684. The van der Waals surface area contributed by atoms with Crippen LogP contribution in [0.4, 0.5) is 17.6 Å². The van der Waals surface area contributed by atoms with Crippen molar-refractivity contribution in [3.05, 3.63) is 94.2 Å². The quantitative estimate of drug-likeness (QED) is 0.393. The summed E-state index contributed by atoms with van der Waals surface area (Å²) in [6.07, 6.45) is -0.842. The van der Waals surface area contributed by atoms with E-state index in [0.29, 0.717) is 16.9 Å². The van der Waals surface area contributed by atoms with Crippen LogP contribution in [-0.2, 0) is 6.18 Å². The molecule has 29 heavy (non-hydrogen) atoms. The summed E-state index contributed by atoms with van der Waals surface area (Å²) in [7, 11) is 0. The molecule has 0 fully saturated rings. The van der Waals surface area contributed by atoms with Crippen molar-refractivity contribution in [3.8, 4) is 5.75 Å². The highest BCUT2D eigenvalue weighted by atomic mass is 32.1. The van der Waals surface area contributed by atoms with Gasteiger partial charge < -0.3 is 4.74 Å². The van der Waals surface area contributed by atoms with Crippen molar-refractivity contribution < 1.29 is 22.3 Å². The molecule has 0 heterocycles. The van der Waals surface area contributed by atoms with Gasteiger partial charge in [-0.2, -0.15) is 25.8 Å². The van der Waals surface area contributed by atoms with Gasteiger partial charge in [-0.3, -0.25) is 0 Å². The predicted molar refractivity (Wildman–Crippen MR) is 111 cm³/mol. The van der Waals surface area contributed by atoms with Crippen LogP contribution in [0.5, 0.6) is 5.75 Å². The van der Waals surface area contributed by atoms with E-state index in [-0.39, 0.29) is 24.8 Å². The smallest absolute Gasteiger partial charge is 0.416 e. The number of alkyl halides is 3. The van der Waals surface area contributed by atoms with E-state index in [1.807, 2.05) is 31.2 Å². The molecule has 1 unspecified atom stereocenters. The second kappa shape index (κ2) is 8.91. The number of rotatable bonds is 5. The van der Waals surface area contributed by atoms with Crippen LogP contribution in [-0.4, -0.2) is 6.61 Å². The van der Waals surface area contributed by atoms with E-state index in [2.05, 4.69) is 12.6 Å². The van der Waals surface area contributed by atoms with Crippen molar-refractivity contribution in [3.63, 3.8) is 0 Å². The number of hydrogen-bond donors (Lipinski definition) is 1. The summed E-state index contributed by atoms with van der Waals surface area (Å²) in [4.78, 5) is 0. The van der Waals surface area contributed by atoms with E-state index in [9.17, 15) is 17.6 Å². The fourth-order valence-electron chi connectivity index (χ4n) is 3.13. The first-order valence-corrected chi connectivity index (χ1v) is 9.57. The topological polar surface area (TPSA) is 9.23 Å². The van der Waals surface area contributed by atoms with Crippen LogP contribution in [0.3, 0.4) is 0 Å². The van der Waals surface area contributed by atoms with Crippen molar-refractivity contribution >= 4 is 18.2 Å². The minimum Gasteiger partial charge on any atom is -0.488 e. The zero-order valence-corrected chi connectivity index (χ0v) is 16.6. The summed E-state index contributed by atoms with van der Waals surface area (Å²) in [6.45, 7) is 1.98. The minimum atomic E-state index is -4.38. The van der Waals surface area contributed by atoms with Gasteiger partial charge in [0.05, 0.1) is 5.56 Å². The van der Waals surface area contributed by atoms with E-state index in [1.54, 1.807) is 17.6 Å². The number of ether oxygens (including phenoxy) is 1. The van der Waals surface area contributed by atoms with E-state index < -0.39 is 11.7 Å². The molecular formula is C23H20F4OS. The van der Waals surface area contributed by atoms with E-state index >= 15 is 0 Å². The predicted octanol–water partition coefficient (Wildman–Crippen LogP) is 7.34. The normalized spacial score (nSPS) is 17.6. The summed E-state index contributed by atoms with van der Waals surface area (Å²) < 4.78 is 58.5. The molecule has 1 nitrogen and oxygen atoms in total. The van der Waals surface area contributed by atoms with Gasteiger partial charge in [-0.1, -0.05) is 42.5 Å². The molecule has 0 N–H and O–H groups in total. The highest BCUT2D eigenvalue weighted by Gasteiger charge is 2.30. The SMILES string of the molecule is C/C(=C\S)c1ccccc1OCC1=C(F)CC(c2ccc(C(F)(F)F)cc2)C=C1. The van der Waals surface area contributed by atoms with Crippen molar-refractivity contribution in [1.29, 1.82) is 0 Å². The zero-order valence-electron chi connectivity index (χ0n) is 15.7. The van der Waals surface area contributed by atoms with Crippen LogP contribution < -0.4 is 4.74 Å². The molecule has 0 spiro atoms. The largest absolute Gasteiger partial charge is 0.488 e. The molecule has 152 valence electrons. The lowest BCUT2D eigenvalue weighted by Gasteiger charge is -2.20. The second-order valence-corrected chi connectivity index (χ2v) is 7.07. The van der Waals surface area contributed by atoms with Crippen LogP contribution in [0.2, 0.25) is 0 Å². The molecular weight excluding hydrogens is 400 g/mol. The lowest BCUT2D eigenvalue weighted by Crippen LogP contribution is -2.09. The van der Waals surface area contributed by atoms with Gasteiger partial charge in [-0.25, -0.2) is 4.39 Å². The highest BCUT2D eigenvalue weighted by molar-refractivity contribution is 7.83. The van der Waals surface area contributed by atoms with E-state index in [4.69, 9.17) is 4.74 Å². The highest BCUT2D eigenvalue weighted by Crippen LogP contribution is 2.35. The van der Waals surface area contributed by atoms with Gasteiger partial charge in [0.2, 0.25) is 0 Å². The molecule has 3 rings (SSSR count). The summed E-state index contributed by atoms with van der Waals surface area (Å²) in [5.41, 5.74) is 2.17. The molecule has 0 radical (unpaired) electrons. The number of benzene rings is 2. The number of thiol groups is 1. The molecule has 2 aromatic rings. The fraction of sp³-hybridized carbons (Fsp3) is 0.217. The molecule has 1 aliphatic rings. The summed E-state index contributed by atoms with van der Waals surface area (Å²) in [5, 5.41) is 1.68. The fourth-order valence-corrected chi connectivity index (χ4v) is 3.27. The Kier molecular flexibility index (Phi) is 6.52. The third kappa shape index (κ3) is 5.12. The Labute approximate surface area is 172 Å². The molecule has 6 heteroatoms. The Morgan fingerprint density at radius 3 is 2.45 bits per heavy atom. The first-order valence-electron chi connectivity index (χ1n) is 9.05. The Hall–Kier alpha value is -2.47. The monoisotopic (exact) mass is 420 g/mol. The summed E-state index contributed by atoms with van der Waals surface area (Å²) in [5.74, 6) is 0.00730. The number of allylic oxidation sites excluding steroid dienone is 3. The molecule has 0 saturated heterocycles. The maximum Gasteiger partial charge on any atom is 0.416 e. The lowest BCUT2D eigenvalue weighted by atomic mass is 9.89. The maximum atomic E-state index is 14.6. The Bertz CT molecular complexity index is 956. The van der Waals surface area contributed by atoms with Crippen molar-refractivity contribution in [2.24, 2.45) is 0 Å². The maximum absolute atomic E-state index is 14.6. The third-order valence-corrected chi connectivity index (χ3v) is 5.22. The number of para-hydroxylation sites is 1. The Morgan fingerprint density at radius 1 is 1.14 bits per heavy atom. The van der Waals surface area contributed by atoms with Crippen LogP contribution in [0.15, 0.2) is 77.5 Å². The van der Waals surface area contributed by atoms with Gasteiger partial charge in [0.15, 0.2) is 0 Å². The van der Waals surface area contributed by atoms with Gasteiger partial charge in [0.1, 0.15) is 18.2 Å². The van der Waals surface area contributed by atoms with E-state index in [0.717, 1.165) is 23.3 Å². The molecule has 0 bridgehead atoms. The Balaban J connectivity index is 1.68. The van der Waals surface area contributed by atoms with Crippen LogP contribution in [0.1, 0.15) is 36.0 Å². The summed E-state index contributed by atoms with van der Waals surface area (Å²) >= 11 is 4.16. The van der Waals surface area contributed by atoms with Crippen molar-refractivity contribution in [2.75, 3.05) is 6.61 Å². The van der Waals surface area contributed by atoms with E-state index in [1.165, 1.54) is 12.1 Å². The van der Waals surface area contributed by atoms with Crippen LogP contribution in [0, 0.1) is 0 Å². The van der Waals surface area contributed by atoms with Gasteiger partial charge in [0.25, 0.3) is 0 Å². The average molecular weight is 420 g/mol. The number of hydrogen-bond acceptors (Lipinski definition) is 2. The molecule has 0 aromatic heterocycles. The third-order valence-electron chi connectivity index (χ3n) is 4.83. The number of halogens is 4.